The van der Waals surface area contributed by atoms with Gasteiger partial charge in [-0.3, -0.25) is 9.89 Å². The van der Waals surface area contributed by atoms with Gasteiger partial charge >= 0.3 is 18.1 Å². The number of hydrogen-bond acceptors (Lipinski definition) is 3. The zero-order valence-corrected chi connectivity index (χ0v) is 17.1. The van der Waals surface area contributed by atoms with Crippen molar-refractivity contribution in [3.05, 3.63) is 59.7 Å². The molecule has 0 spiro atoms. The lowest BCUT2D eigenvalue weighted by Crippen LogP contribution is -2.21. The molecule has 0 unspecified atom stereocenters. The second kappa shape index (κ2) is 9.54. The number of fused-ring (bicyclic) bond motifs is 2. The van der Waals surface area contributed by atoms with E-state index in [-0.39, 0.29) is 23.4 Å². The van der Waals surface area contributed by atoms with Crippen LogP contribution in [0.15, 0.2) is 42.6 Å². The van der Waals surface area contributed by atoms with Gasteiger partial charge in [0.05, 0.1) is 17.2 Å². The highest BCUT2D eigenvalue weighted by Gasteiger charge is 2.38. The number of halogens is 4. The van der Waals surface area contributed by atoms with Crippen LogP contribution in [0.1, 0.15) is 46.9 Å². The van der Waals surface area contributed by atoms with E-state index in [9.17, 15) is 27.5 Å². The van der Waals surface area contributed by atoms with Crippen LogP contribution in [0.2, 0.25) is 0 Å². The maximum Gasteiger partial charge on any atom is 0.490 e. The monoisotopic (exact) mass is 486 g/mol. The molecule has 0 aliphatic heterocycles. The third-order valence-electron chi connectivity index (χ3n) is 4.78. The lowest BCUT2D eigenvalue weighted by atomic mass is 9.99. The zero-order valence-electron chi connectivity index (χ0n) is 24.1. The van der Waals surface area contributed by atoms with Gasteiger partial charge in [-0.25, -0.2) is 9.18 Å². The van der Waals surface area contributed by atoms with E-state index >= 15 is 0 Å². The Labute approximate surface area is 200 Å². The lowest BCUT2D eigenvalue weighted by molar-refractivity contribution is -0.192. The van der Waals surface area contributed by atoms with E-state index in [1.807, 2.05) is 0 Å². The van der Waals surface area contributed by atoms with Crippen molar-refractivity contribution in [2.24, 2.45) is 0 Å². The van der Waals surface area contributed by atoms with Crippen molar-refractivity contribution in [1.29, 1.82) is 0 Å². The summed E-state index contributed by atoms with van der Waals surface area (Å²) < 4.78 is 104. The van der Waals surface area contributed by atoms with Gasteiger partial charge in [0.25, 0.3) is 0 Å². The molecule has 4 aromatic rings. The molecule has 0 fully saturated rings. The summed E-state index contributed by atoms with van der Waals surface area (Å²) in [4.78, 5) is 20.3. The van der Waals surface area contributed by atoms with Crippen molar-refractivity contribution in [2.45, 2.75) is 38.6 Å². The Morgan fingerprint density at radius 2 is 1.85 bits per heavy atom. The molecule has 180 valence electrons. The number of alkyl halides is 3. The molecule has 0 saturated carbocycles. The highest BCUT2D eigenvalue weighted by atomic mass is 19.4. The quantitative estimate of drug-likeness (QED) is 0.327. The lowest BCUT2D eigenvalue weighted by Gasteiger charge is -2.15. The van der Waals surface area contributed by atoms with Crippen LogP contribution in [-0.4, -0.2) is 43.1 Å². The predicted octanol–water partition coefficient (Wildman–Crippen LogP) is 5.42. The van der Waals surface area contributed by atoms with E-state index in [1.165, 1.54) is 22.9 Å². The van der Waals surface area contributed by atoms with Crippen molar-refractivity contribution in [3.8, 4) is 5.69 Å². The van der Waals surface area contributed by atoms with Crippen molar-refractivity contribution in [3.63, 3.8) is 0 Å². The van der Waals surface area contributed by atoms with Gasteiger partial charge in [-0.15, -0.1) is 0 Å². The molecule has 7 nitrogen and oxygen atoms in total. The fourth-order valence-corrected chi connectivity index (χ4v) is 3.40. The maximum atomic E-state index is 13.7. The third-order valence-corrected chi connectivity index (χ3v) is 4.78. The molecule has 4 rings (SSSR count). The van der Waals surface area contributed by atoms with Crippen LogP contribution in [0.5, 0.6) is 0 Å². The highest BCUT2D eigenvalue weighted by Crippen LogP contribution is 2.36. The molecule has 2 aromatic carbocycles. The molecule has 0 saturated heterocycles. The van der Waals surface area contributed by atoms with Crippen LogP contribution < -0.4 is 0 Å². The maximum absolute atomic E-state index is 13.7. The van der Waals surface area contributed by atoms with Crippen molar-refractivity contribution < 1.29 is 47.0 Å². The number of aliphatic carboxylic acids is 2. The normalized spacial score (nSPS) is 15.7. The summed E-state index contributed by atoms with van der Waals surface area (Å²) in [5.74, 6) is -7.61. The average Bonchev–Trinajstić information content (AvgIpc) is 3.41. The summed E-state index contributed by atoms with van der Waals surface area (Å²) in [6.45, 7) is -6.63. The van der Waals surface area contributed by atoms with Crippen LogP contribution in [0.25, 0.3) is 27.5 Å². The van der Waals surface area contributed by atoms with Crippen LogP contribution in [0.3, 0.4) is 0 Å². The Kier molecular flexibility index (Phi) is 4.68. The van der Waals surface area contributed by atoms with Gasteiger partial charge in [0.15, 0.2) is 0 Å². The average molecular weight is 486 g/mol. The number of benzene rings is 2. The van der Waals surface area contributed by atoms with E-state index in [0.717, 1.165) is 12.1 Å². The van der Waals surface area contributed by atoms with Gasteiger partial charge in [-0.05, 0) is 54.3 Å². The molecule has 0 atom stereocenters. The minimum absolute atomic E-state index is 0.112. The molecular weight excluding hydrogens is 458 g/mol. The van der Waals surface area contributed by atoms with Crippen molar-refractivity contribution in [2.75, 3.05) is 0 Å². The van der Waals surface area contributed by atoms with E-state index in [0.29, 0.717) is 21.8 Å². The summed E-state index contributed by atoms with van der Waals surface area (Å²) in [7, 11) is 0. The number of aromatic amines is 1. The summed E-state index contributed by atoms with van der Waals surface area (Å²) >= 11 is 0. The Balaban J connectivity index is 0.000000587. The van der Waals surface area contributed by atoms with Gasteiger partial charge in [-0.2, -0.15) is 18.3 Å². The summed E-state index contributed by atoms with van der Waals surface area (Å²) in [6, 6.07) is 8.22. The molecule has 34 heavy (non-hydrogen) atoms. The van der Waals surface area contributed by atoms with Crippen LogP contribution in [0, 0.1) is 5.82 Å². The van der Waals surface area contributed by atoms with Crippen LogP contribution in [0.4, 0.5) is 17.6 Å². The SMILES string of the molecule is O=C(O)C(F)(F)F.[2H]C([2H])([2H])C([2H])(c1c(CCC(=O)O)c2cc3[nH]ncc3cc2n1-c1ccc(F)cc1)C([2H])([2H])[2H]. The first-order chi connectivity index (χ1) is 18.7. The largest absolute Gasteiger partial charge is 0.490 e. The second-order valence-corrected chi connectivity index (χ2v) is 7.04. The van der Waals surface area contributed by atoms with Gasteiger partial charge in [0.1, 0.15) is 5.82 Å². The molecule has 3 N–H and O–H groups in total. The van der Waals surface area contributed by atoms with E-state index in [4.69, 9.17) is 19.5 Å². The Bertz CT molecular complexity index is 1580. The fraction of sp³-hybridized carbons (Fsp3) is 0.261. The number of rotatable bonds is 5. The number of aryl methyl sites for hydroxylation is 1. The second-order valence-electron chi connectivity index (χ2n) is 7.04. The highest BCUT2D eigenvalue weighted by molar-refractivity contribution is 5.98. The van der Waals surface area contributed by atoms with Crippen molar-refractivity contribution >= 4 is 33.7 Å². The van der Waals surface area contributed by atoms with Gasteiger partial charge in [0, 0.05) is 38.2 Å². The Morgan fingerprint density at radius 3 is 2.41 bits per heavy atom. The first-order valence-corrected chi connectivity index (χ1v) is 9.49. The van der Waals surface area contributed by atoms with Gasteiger partial charge < -0.3 is 14.8 Å². The molecule has 0 bridgehead atoms. The molecule has 2 heterocycles. The summed E-state index contributed by atoms with van der Waals surface area (Å²) in [5, 5.41) is 24.2. The van der Waals surface area contributed by atoms with E-state index in [2.05, 4.69) is 10.2 Å². The Morgan fingerprint density at radius 1 is 1.21 bits per heavy atom. The number of nitrogens with one attached hydrogen (secondary N) is 1. The van der Waals surface area contributed by atoms with Crippen molar-refractivity contribution in [1.82, 2.24) is 14.8 Å². The number of nitrogens with zero attached hydrogens (tertiary/aromatic N) is 2. The minimum atomic E-state index is -5.08. The third kappa shape index (κ3) is 5.19. The number of carboxylic acid groups (broad SMARTS) is 2. The van der Waals surface area contributed by atoms with Gasteiger partial charge in [0.2, 0.25) is 0 Å². The summed E-state index contributed by atoms with van der Waals surface area (Å²) in [5.41, 5.74) is 0.874. The van der Waals surface area contributed by atoms with Crippen LogP contribution >= 0.6 is 0 Å². The molecule has 11 heteroatoms. The van der Waals surface area contributed by atoms with E-state index < -0.39 is 50.0 Å². The molecule has 2 aromatic heterocycles. The fourth-order valence-electron chi connectivity index (χ4n) is 3.40. The standard InChI is InChI=1S/C21H20FN3O2.C2HF3O2/c1-12(2)21-16(7-8-20(26)27)17-10-18-13(11-23-24-18)9-19(17)25(21)15-5-3-14(22)4-6-15;3-2(4,5)1(6)7/h3-6,9-12H,7-8H2,1-2H3,(H,23,24)(H,26,27);(H,6,7)/i1D3,2D3,12D;. The topological polar surface area (TPSA) is 108 Å². The number of carbonyl (C=O) groups is 2. The smallest absolute Gasteiger partial charge is 0.481 e. The predicted molar refractivity (Wildman–Crippen MR) is 117 cm³/mol. The van der Waals surface area contributed by atoms with Crippen LogP contribution in [-0.2, 0) is 16.0 Å². The zero-order chi connectivity index (χ0) is 31.1. The number of carboxylic acids is 2. The van der Waals surface area contributed by atoms with Gasteiger partial charge in [-0.1, -0.05) is 13.7 Å². The first kappa shape index (κ1) is 16.7. The Hall–Kier alpha value is -3.89. The number of H-pyrrole nitrogens is 1. The molecule has 0 amide bonds. The number of hydrogen-bond donors (Lipinski definition) is 3. The molecule has 0 aliphatic rings. The molecule has 0 aliphatic carbocycles. The molecular formula is C23H21F4N3O4. The number of aromatic nitrogens is 3. The van der Waals surface area contributed by atoms with E-state index in [1.54, 1.807) is 12.1 Å². The molecule has 0 radical (unpaired) electrons. The minimum Gasteiger partial charge on any atom is -0.481 e. The summed E-state index contributed by atoms with van der Waals surface area (Å²) in [6.07, 6.45) is -4.20. The first-order valence-electron chi connectivity index (χ1n) is 13.0.